The van der Waals surface area contributed by atoms with E-state index in [1.165, 1.54) is 11.2 Å². The van der Waals surface area contributed by atoms with E-state index in [4.69, 9.17) is 5.73 Å². The Hall–Kier alpha value is -3.11. The number of hydrogen-bond donors (Lipinski definition) is 5. The second-order valence-corrected chi connectivity index (χ2v) is 6.66. The van der Waals surface area contributed by atoms with Crippen molar-refractivity contribution in [1.29, 1.82) is 0 Å². The van der Waals surface area contributed by atoms with Crippen LogP contribution in [0, 0.1) is 0 Å². The Labute approximate surface area is 155 Å². The summed E-state index contributed by atoms with van der Waals surface area (Å²) in [6.45, 7) is 0.779. The summed E-state index contributed by atoms with van der Waals surface area (Å²) in [6, 6.07) is -2.73. The first-order valence-corrected chi connectivity index (χ1v) is 8.88. The molecule has 1 unspecified atom stereocenters. The number of likely N-dealkylation sites (tertiary alicyclic amines) is 1. The largest absolute Gasteiger partial charge is 0.368 e. The van der Waals surface area contributed by atoms with Gasteiger partial charge >= 0.3 is 6.03 Å². The molecule has 27 heavy (non-hydrogen) atoms. The average Bonchev–Trinajstić information content (AvgIpc) is 3.32. The first-order valence-electron chi connectivity index (χ1n) is 8.88. The molecule has 0 bridgehead atoms. The lowest BCUT2D eigenvalue weighted by atomic mass is 10.1. The maximum atomic E-state index is 13.0. The second-order valence-electron chi connectivity index (χ2n) is 6.66. The predicted octanol–water partition coefficient (Wildman–Crippen LogP) is -2.02. The van der Waals surface area contributed by atoms with Crippen molar-refractivity contribution < 1.29 is 19.2 Å². The van der Waals surface area contributed by atoms with Crippen LogP contribution in [0.15, 0.2) is 12.5 Å². The lowest BCUT2D eigenvalue weighted by molar-refractivity contribution is -0.140. The Bertz CT molecular complexity index is 720. The molecule has 0 spiro atoms. The number of primary amides is 1. The van der Waals surface area contributed by atoms with Gasteiger partial charge in [-0.3, -0.25) is 14.4 Å². The second kappa shape index (κ2) is 8.06. The molecule has 0 radical (unpaired) electrons. The van der Waals surface area contributed by atoms with Gasteiger partial charge in [-0.2, -0.15) is 0 Å². The van der Waals surface area contributed by atoms with E-state index in [9.17, 15) is 19.2 Å². The number of urea groups is 1. The molecule has 2 aliphatic rings. The molecule has 3 heterocycles. The zero-order valence-electron chi connectivity index (χ0n) is 14.7. The van der Waals surface area contributed by atoms with Gasteiger partial charge in [0, 0.05) is 25.7 Å². The highest BCUT2D eigenvalue weighted by atomic mass is 16.2. The average molecular weight is 377 g/mol. The van der Waals surface area contributed by atoms with Gasteiger partial charge in [0.05, 0.1) is 12.0 Å². The number of nitrogens with one attached hydrogen (secondary N) is 4. The summed E-state index contributed by atoms with van der Waals surface area (Å²) >= 11 is 0. The van der Waals surface area contributed by atoms with Gasteiger partial charge in [0.2, 0.25) is 17.7 Å². The number of nitrogens with two attached hydrogens (primary N) is 1. The maximum absolute atomic E-state index is 13.0. The van der Waals surface area contributed by atoms with E-state index in [-0.39, 0.29) is 12.3 Å². The predicted molar refractivity (Wildman–Crippen MR) is 93.1 cm³/mol. The fourth-order valence-electron chi connectivity index (χ4n) is 3.42. The Morgan fingerprint density at radius 1 is 1.37 bits per heavy atom. The van der Waals surface area contributed by atoms with Crippen molar-refractivity contribution in [3.8, 4) is 0 Å². The van der Waals surface area contributed by atoms with E-state index in [0.717, 1.165) is 0 Å². The molecule has 0 aromatic carbocycles. The van der Waals surface area contributed by atoms with Crippen LogP contribution in [0.25, 0.3) is 0 Å². The van der Waals surface area contributed by atoms with Crippen LogP contribution in [-0.2, 0) is 20.8 Å². The minimum absolute atomic E-state index is 0.162. The number of hydrogen-bond acceptors (Lipinski definition) is 5. The third kappa shape index (κ3) is 4.36. The van der Waals surface area contributed by atoms with Gasteiger partial charge in [-0.05, 0) is 19.3 Å². The topological polar surface area (TPSA) is 162 Å². The van der Waals surface area contributed by atoms with Crippen molar-refractivity contribution in [3.63, 3.8) is 0 Å². The molecule has 11 nitrogen and oxygen atoms in total. The molecular formula is C16H23N7O4. The van der Waals surface area contributed by atoms with Crippen LogP contribution < -0.4 is 21.7 Å². The van der Waals surface area contributed by atoms with Gasteiger partial charge in [0.25, 0.3) is 0 Å². The number of imidazole rings is 1. The quantitative estimate of drug-likeness (QED) is 0.386. The molecule has 6 N–H and O–H groups in total. The molecule has 1 aromatic rings. The lowest BCUT2D eigenvalue weighted by Gasteiger charge is -2.29. The number of carbonyl (C=O) groups excluding carboxylic acids is 4. The van der Waals surface area contributed by atoms with Crippen molar-refractivity contribution in [2.75, 3.05) is 13.1 Å². The standard InChI is InChI=1S/C16H23N7O4/c17-13(24)12-2-1-5-23(12)15(26)11(6-9-7-18-8-20-9)21-14(25)10-3-4-19-16(27)22-10/h7-8,10-12H,1-6H2,(H2,17,24)(H,18,20)(H,21,25)(H2,19,22,27)/t10?,11-,12-/m0/s1. The van der Waals surface area contributed by atoms with E-state index in [2.05, 4.69) is 25.9 Å². The molecule has 2 saturated heterocycles. The SMILES string of the molecule is NC(=O)[C@@H]1CCCN1C(=O)[C@H](Cc1c[nH]cn1)NC(=O)C1CCNC(=O)N1. The van der Waals surface area contributed by atoms with Gasteiger partial charge in [0.1, 0.15) is 18.1 Å². The molecule has 5 amide bonds. The Kier molecular flexibility index (Phi) is 5.57. The van der Waals surface area contributed by atoms with Crippen LogP contribution in [0.4, 0.5) is 4.79 Å². The highest BCUT2D eigenvalue weighted by Crippen LogP contribution is 2.19. The molecule has 1 aromatic heterocycles. The van der Waals surface area contributed by atoms with Crippen molar-refractivity contribution >= 4 is 23.8 Å². The van der Waals surface area contributed by atoms with Gasteiger partial charge < -0.3 is 31.6 Å². The van der Waals surface area contributed by atoms with E-state index in [0.29, 0.717) is 38.0 Å². The Morgan fingerprint density at radius 3 is 2.85 bits per heavy atom. The highest BCUT2D eigenvalue weighted by molar-refractivity contribution is 5.94. The first kappa shape index (κ1) is 18.7. The summed E-state index contributed by atoms with van der Waals surface area (Å²) in [4.78, 5) is 57.0. The summed E-state index contributed by atoms with van der Waals surface area (Å²) in [7, 11) is 0. The molecular weight excluding hydrogens is 354 g/mol. The number of amides is 5. The summed E-state index contributed by atoms with van der Waals surface area (Å²) < 4.78 is 0. The number of aromatic nitrogens is 2. The van der Waals surface area contributed by atoms with Crippen LogP contribution in [0.2, 0.25) is 0 Å². The summed E-state index contributed by atoms with van der Waals surface area (Å²) in [6.07, 6.45) is 4.87. The fraction of sp³-hybridized carbons (Fsp3) is 0.562. The van der Waals surface area contributed by atoms with E-state index < -0.39 is 36.0 Å². The Balaban J connectivity index is 1.74. The molecule has 3 rings (SSSR count). The van der Waals surface area contributed by atoms with Crippen LogP contribution in [0.1, 0.15) is 25.0 Å². The summed E-state index contributed by atoms with van der Waals surface area (Å²) in [5.74, 6) is -1.39. The third-order valence-corrected chi connectivity index (χ3v) is 4.79. The van der Waals surface area contributed by atoms with Crippen molar-refractivity contribution in [2.45, 2.75) is 43.8 Å². The summed E-state index contributed by atoms with van der Waals surface area (Å²) in [5, 5.41) is 7.81. The van der Waals surface area contributed by atoms with Gasteiger partial charge in [-0.25, -0.2) is 9.78 Å². The number of rotatable bonds is 6. The number of nitrogens with zero attached hydrogens (tertiary/aromatic N) is 2. The van der Waals surface area contributed by atoms with Crippen LogP contribution in [-0.4, -0.2) is 69.8 Å². The molecule has 3 atom stereocenters. The lowest BCUT2D eigenvalue weighted by Crippen LogP contribution is -2.60. The van der Waals surface area contributed by atoms with Gasteiger partial charge in [-0.1, -0.05) is 0 Å². The van der Waals surface area contributed by atoms with Crippen LogP contribution in [0.3, 0.4) is 0 Å². The minimum atomic E-state index is -0.910. The number of aromatic amines is 1. The molecule has 11 heteroatoms. The monoisotopic (exact) mass is 377 g/mol. The summed E-state index contributed by atoms with van der Waals surface area (Å²) in [5.41, 5.74) is 6.00. The molecule has 2 fully saturated rings. The van der Waals surface area contributed by atoms with Crippen LogP contribution >= 0.6 is 0 Å². The minimum Gasteiger partial charge on any atom is -0.368 e. The highest BCUT2D eigenvalue weighted by Gasteiger charge is 2.38. The molecule has 2 aliphatic heterocycles. The maximum Gasteiger partial charge on any atom is 0.315 e. The third-order valence-electron chi connectivity index (χ3n) is 4.79. The van der Waals surface area contributed by atoms with E-state index in [1.54, 1.807) is 6.20 Å². The number of carbonyl (C=O) groups is 4. The van der Waals surface area contributed by atoms with Crippen molar-refractivity contribution in [2.24, 2.45) is 5.73 Å². The van der Waals surface area contributed by atoms with Crippen LogP contribution in [0.5, 0.6) is 0 Å². The molecule has 0 aliphatic carbocycles. The first-order chi connectivity index (χ1) is 13.0. The van der Waals surface area contributed by atoms with E-state index >= 15 is 0 Å². The van der Waals surface area contributed by atoms with Gasteiger partial charge in [0.15, 0.2) is 0 Å². The van der Waals surface area contributed by atoms with Crippen molar-refractivity contribution in [1.82, 2.24) is 30.8 Å². The normalized spacial score (nSPS) is 23.3. The Morgan fingerprint density at radius 2 is 2.19 bits per heavy atom. The number of H-pyrrole nitrogens is 1. The zero-order chi connectivity index (χ0) is 19.4. The fourth-order valence-corrected chi connectivity index (χ4v) is 3.42. The van der Waals surface area contributed by atoms with E-state index in [1.807, 2.05) is 0 Å². The van der Waals surface area contributed by atoms with Gasteiger partial charge in [-0.15, -0.1) is 0 Å². The zero-order valence-corrected chi connectivity index (χ0v) is 14.7. The smallest absolute Gasteiger partial charge is 0.315 e. The van der Waals surface area contributed by atoms with Crippen molar-refractivity contribution in [3.05, 3.63) is 18.2 Å². The molecule has 146 valence electrons. The molecule has 0 saturated carbocycles.